The number of piperazine rings is 1. The molecular weight excluding hydrogens is 276 g/mol. The molecule has 0 atom stereocenters. The third-order valence-corrected chi connectivity index (χ3v) is 3.83. The number of carbonyl (C=O) groups is 1. The summed E-state index contributed by atoms with van der Waals surface area (Å²) in [6.45, 7) is 13.2. The van der Waals surface area contributed by atoms with Crippen molar-refractivity contribution in [3.63, 3.8) is 0 Å². The minimum absolute atomic E-state index is 0.205. The van der Waals surface area contributed by atoms with E-state index in [1.54, 1.807) is 4.90 Å². The lowest BCUT2D eigenvalue weighted by Gasteiger charge is -2.37. The predicted molar refractivity (Wildman–Crippen MR) is 90.6 cm³/mol. The number of hydrogen-bond acceptors (Lipinski definition) is 3. The van der Waals surface area contributed by atoms with E-state index in [2.05, 4.69) is 43.0 Å². The second-order valence-electron chi connectivity index (χ2n) is 7.20. The summed E-state index contributed by atoms with van der Waals surface area (Å²) in [7, 11) is 0. The molecule has 0 unspecified atom stereocenters. The molecule has 0 aliphatic carbocycles. The Morgan fingerprint density at radius 3 is 2.32 bits per heavy atom. The van der Waals surface area contributed by atoms with Crippen molar-refractivity contribution < 1.29 is 9.53 Å². The number of nitrogens with zero attached hydrogens (tertiary/aromatic N) is 2. The fourth-order valence-electron chi connectivity index (χ4n) is 2.55. The van der Waals surface area contributed by atoms with Crippen LogP contribution in [0.2, 0.25) is 0 Å². The molecule has 22 heavy (non-hydrogen) atoms. The number of carbonyl (C=O) groups excluding carboxylic acids is 1. The molecule has 1 saturated heterocycles. The second-order valence-corrected chi connectivity index (χ2v) is 7.20. The first kappa shape index (κ1) is 16.7. The Morgan fingerprint density at radius 2 is 1.77 bits per heavy atom. The van der Waals surface area contributed by atoms with Crippen LogP contribution < -0.4 is 4.90 Å². The van der Waals surface area contributed by atoms with Gasteiger partial charge in [-0.3, -0.25) is 0 Å². The van der Waals surface area contributed by atoms with E-state index < -0.39 is 5.60 Å². The van der Waals surface area contributed by atoms with Crippen molar-refractivity contribution in [2.75, 3.05) is 31.1 Å². The van der Waals surface area contributed by atoms with Crippen molar-refractivity contribution in [2.45, 2.75) is 46.1 Å². The van der Waals surface area contributed by atoms with Crippen LogP contribution >= 0.6 is 0 Å². The summed E-state index contributed by atoms with van der Waals surface area (Å²) in [6, 6.07) is 8.69. The third kappa shape index (κ3) is 4.39. The highest BCUT2D eigenvalue weighted by Crippen LogP contribution is 2.23. The minimum Gasteiger partial charge on any atom is -0.444 e. The van der Waals surface area contributed by atoms with Gasteiger partial charge in [-0.15, -0.1) is 0 Å². The van der Waals surface area contributed by atoms with E-state index in [4.69, 9.17) is 4.74 Å². The van der Waals surface area contributed by atoms with Gasteiger partial charge >= 0.3 is 6.09 Å². The molecule has 1 aromatic rings. The smallest absolute Gasteiger partial charge is 0.410 e. The number of hydrogen-bond donors (Lipinski definition) is 0. The van der Waals surface area contributed by atoms with Crippen molar-refractivity contribution in [2.24, 2.45) is 0 Å². The number of ether oxygens (including phenoxy) is 1. The van der Waals surface area contributed by atoms with Crippen molar-refractivity contribution in [3.8, 4) is 0 Å². The molecule has 0 saturated carbocycles. The highest BCUT2D eigenvalue weighted by molar-refractivity contribution is 5.68. The predicted octanol–water partition coefficient (Wildman–Crippen LogP) is 3.87. The second kappa shape index (κ2) is 6.59. The Labute approximate surface area is 134 Å². The fraction of sp³-hybridized carbons (Fsp3) is 0.611. The average Bonchev–Trinajstić information content (AvgIpc) is 2.46. The molecular formula is C18H28N2O2. The van der Waals surface area contributed by atoms with Gasteiger partial charge < -0.3 is 14.5 Å². The molecule has 0 spiro atoms. The van der Waals surface area contributed by atoms with E-state index in [1.807, 2.05) is 20.8 Å². The highest BCUT2D eigenvalue weighted by Gasteiger charge is 2.25. The molecule has 0 bridgehead atoms. The first-order valence-electron chi connectivity index (χ1n) is 8.09. The van der Waals surface area contributed by atoms with E-state index in [-0.39, 0.29) is 6.09 Å². The number of rotatable bonds is 2. The van der Waals surface area contributed by atoms with Crippen molar-refractivity contribution in [1.82, 2.24) is 4.90 Å². The van der Waals surface area contributed by atoms with Crippen LogP contribution in [0.25, 0.3) is 0 Å². The van der Waals surface area contributed by atoms with Gasteiger partial charge in [-0.05, 0) is 44.4 Å². The fourth-order valence-corrected chi connectivity index (χ4v) is 2.55. The number of amides is 1. The number of anilines is 1. The monoisotopic (exact) mass is 304 g/mol. The zero-order valence-electron chi connectivity index (χ0n) is 14.4. The van der Waals surface area contributed by atoms with Crippen molar-refractivity contribution >= 4 is 11.8 Å². The van der Waals surface area contributed by atoms with Crippen LogP contribution in [0, 0.1) is 0 Å². The summed E-state index contributed by atoms with van der Waals surface area (Å²) < 4.78 is 5.44. The summed E-state index contributed by atoms with van der Waals surface area (Å²) in [6.07, 6.45) is -0.205. The Hall–Kier alpha value is -1.71. The topological polar surface area (TPSA) is 32.8 Å². The van der Waals surface area contributed by atoms with E-state index >= 15 is 0 Å². The summed E-state index contributed by atoms with van der Waals surface area (Å²) in [5.74, 6) is 0.531. The standard InChI is InChI=1S/C18H28N2O2/c1-14(2)15-7-6-8-16(13-15)19-9-11-20(12-10-19)17(21)22-18(3,4)5/h6-8,13-14H,9-12H2,1-5H3. The summed E-state index contributed by atoms with van der Waals surface area (Å²) >= 11 is 0. The van der Waals surface area contributed by atoms with Gasteiger partial charge in [-0.25, -0.2) is 4.79 Å². The van der Waals surface area contributed by atoms with Gasteiger partial charge in [0.2, 0.25) is 0 Å². The maximum atomic E-state index is 12.1. The van der Waals surface area contributed by atoms with E-state index in [1.165, 1.54) is 11.3 Å². The van der Waals surface area contributed by atoms with Crippen molar-refractivity contribution in [3.05, 3.63) is 29.8 Å². The number of benzene rings is 1. The first-order valence-corrected chi connectivity index (χ1v) is 8.09. The van der Waals surface area contributed by atoms with Gasteiger partial charge in [0.15, 0.2) is 0 Å². The zero-order chi connectivity index (χ0) is 16.3. The molecule has 0 N–H and O–H groups in total. The van der Waals surface area contributed by atoms with Gasteiger partial charge in [0.1, 0.15) is 5.60 Å². The molecule has 4 nitrogen and oxygen atoms in total. The molecule has 2 rings (SSSR count). The van der Waals surface area contributed by atoms with Crippen molar-refractivity contribution in [1.29, 1.82) is 0 Å². The lowest BCUT2D eigenvalue weighted by molar-refractivity contribution is 0.0240. The normalized spacial score (nSPS) is 16.1. The Kier molecular flexibility index (Phi) is 4.99. The molecule has 1 aliphatic heterocycles. The quantitative estimate of drug-likeness (QED) is 0.831. The third-order valence-electron chi connectivity index (χ3n) is 3.83. The largest absolute Gasteiger partial charge is 0.444 e. The van der Waals surface area contributed by atoms with Crippen LogP contribution in [-0.2, 0) is 4.74 Å². The molecule has 0 aromatic heterocycles. The van der Waals surface area contributed by atoms with Gasteiger partial charge in [0.25, 0.3) is 0 Å². The maximum Gasteiger partial charge on any atom is 0.410 e. The Balaban J connectivity index is 1.95. The molecule has 1 aromatic carbocycles. The Morgan fingerprint density at radius 1 is 1.14 bits per heavy atom. The minimum atomic E-state index is -0.431. The van der Waals surface area contributed by atoms with Crippen LogP contribution in [-0.4, -0.2) is 42.8 Å². The molecule has 0 radical (unpaired) electrons. The lowest BCUT2D eigenvalue weighted by Crippen LogP contribution is -2.50. The van der Waals surface area contributed by atoms with Gasteiger partial charge in [0, 0.05) is 31.9 Å². The van der Waals surface area contributed by atoms with Crippen LogP contribution in [0.3, 0.4) is 0 Å². The Bertz CT molecular complexity index is 512. The zero-order valence-corrected chi connectivity index (χ0v) is 14.4. The average molecular weight is 304 g/mol. The van der Waals surface area contributed by atoms with Gasteiger partial charge in [-0.2, -0.15) is 0 Å². The summed E-state index contributed by atoms with van der Waals surface area (Å²) in [5, 5.41) is 0. The first-order chi connectivity index (χ1) is 10.3. The van der Waals surface area contributed by atoms with Crippen LogP contribution in [0.1, 0.15) is 46.1 Å². The summed E-state index contributed by atoms with van der Waals surface area (Å²) in [5.41, 5.74) is 2.17. The molecule has 1 aliphatic rings. The van der Waals surface area contributed by atoms with Crippen LogP contribution in [0.15, 0.2) is 24.3 Å². The van der Waals surface area contributed by atoms with Gasteiger partial charge in [-0.1, -0.05) is 26.0 Å². The molecule has 122 valence electrons. The van der Waals surface area contributed by atoms with Crippen LogP contribution in [0.5, 0.6) is 0 Å². The lowest BCUT2D eigenvalue weighted by atomic mass is 10.0. The molecule has 1 heterocycles. The molecule has 4 heteroatoms. The van der Waals surface area contributed by atoms with E-state index in [9.17, 15) is 4.79 Å². The van der Waals surface area contributed by atoms with Gasteiger partial charge in [0.05, 0.1) is 0 Å². The SMILES string of the molecule is CC(C)c1cccc(N2CCN(C(=O)OC(C)(C)C)CC2)c1. The molecule has 1 amide bonds. The summed E-state index contributed by atoms with van der Waals surface area (Å²) in [4.78, 5) is 16.2. The van der Waals surface area contributed by atoms with Crippen LogP contribution in [0.4, 0.5) is 10.5 Å². The molecule has 1 fully saturated rings. The maximum absolute atomic E-state index is 12.1. The highest BCUT2D eigenvalue weighted by atomic mass is 16.6. The van der Waals surface area contributed by atoms with E-state index in [0.29, 0.717) is 19.0 Å². The van der Waals surface area contributed by atoms with E-state index in [0.717, 1.165) is 13.1 Å².